The first kappa shape index (κ1) is 16.1. The van der Waals surface area contributed by atoms with Crippen LogP contribution in [0, 0.1) is 24.0 Å². The van der Waals surface area contributed by atoms with E-state index in [-0.39, 0.29) is 17.0 Å². The van der Waals surface area contributed by atoms with Crippen molar-refractivity contribution in [1.29, 1.82) is 0 Å². The number of aryl methyl sites for hydroxylation is 2. The van der Waals surface area contributed by atoms with Gasteiger partial charge < -0.3 is 5.32 Å². The van der Waals surface area contributed by atoms with Crippen LogP contribution in [0.3, 0.4) is 0 Å². The van der Waals surface area contributed by atoms with Crippen LogP contribution in [0.5, 0.6) is 0 Å². The number of benzene rings is 1. The highest BCUT2D eigenvalue weighted by Gasteiger charge is 2.18. The smallest absolute Gasteiger partial charge is 0.126 e. The van der Waals surface area contributed by atoms with Gasteiger partial charge in [0.2, 0.25) is 0 Å². The summed E-state index contributed by atoms with van der Waals surface area (Å²) < 4.78 is 27.2. The van der Waals surface area contributed by atoms with Gasteiger partial charge in [-0.25, -0.2) is 8.78 Å². The van der Waals surface area contributed by atoms with Crippen molar-refractivity contribution in [3.8, 4) is 0 Å². The van der Waals surface area contributed by atoms with Crippen LogP contribution in [-0.4, -0.2) is 13.1 Å². The molecular weight excluding hydrogens is 244 g/mol. The lowest BCUT2D eigenvalue weighted by Crippen LogP contribution is -2.30. The van der Waals surface area contributed by atoms with Gasteiger partial charge >= 0.3 is 0 Å². The molecule has 0 saturated heterocycles. The Bertz CT molecular complexity index is 413. The predicted octanol–water partition coefficient (Wildman–Crippen LogP) is 4.23. The first-order chi connectivity index (χ1) is 8.85. The van der Waals surface area contributed by atoms with E-state index in [1.807, 2.05) is 0 Å². The second-order valence-corrected chi connectivity index (χ2v) is 6.03. The quantitative estimate of drug-likeness (QED) is 0.730. The average Bonchev–Trinajstić information content (AvgIpc) is 2.32. The van der Waals surface area contributed by atoms with Crippen molar-refractivity contribution < 1.29 is 8.78 Å². The maximum absolute atomic E-state index is 13.7. The van der Waals surface area contributed by atoms with E-state index >= 15 is 0 Å². The Morgan fingerprint density at radius 2 is 1.84 bits per heavy atom. The van der Waals surface area contributed by atoms with Crippen LogP contribution >= 0.6 is 0 Å². The molecule has 1 aromatic carbocycles. The average molecular weight is 269 g/mol. The molecule has 0 spiro atoms. The van der Waals surface area contributed by atoms with Gasteiger partial charge in [-0.15, -0.1) is 0 Å². The van der Waals surface area contributed by atoms with Crippen molar-refractivity contribution >= 4 is 0 Å². The van der Waals surface area contributed by atoms with Crippen LogP contribution < -0.4 is 5.32 Å². The van der Waals surface area contributed by atoms with Gasteiger partial charge in [-0.05, 0) is 61.4 Å². The summed E-state index contributed by atoms with van der Waals surface area (Å²) in [7, 11) is 0. The van der Waals surface area contributed by atoms with Crippen LogP contribution in [0.4, 0.5) is 8.78 Å². The molecule has 1 aromatic rings. The van der Waals surface area contributed by atoms with Crippen LogP contribution in [0.25, 0.3) is 0 Å². The van der Waals surface area contributed by atoms with Crippen LogP contribution in [0.1, 0.15) is 44.7 Å². The van der Waals surface area contributed by atoms with Gasteiger partial charge in [-0.1, -0.05) is 20.8 Å². The maximum atomic E-state index is 13.7. The lowest BCUT2D eigenvalue weighted by Gasteiger charge is -2.25. The molecule has 0 radical (unpaired) electrons. The summed E-state index contributed by atoms with van der Waals surface area (Å²) in [5.74, 6) is -0.616. The van der Waals surface area contributed by atoms with Gasteiger partial charge in [0.1, 0.15) is 11.6 Å². The molecule has 3 heteroatoms. The van der Waals surface area contributed by atoms with E-state index in [0.29, 0.717) is 17.5 Å². The van der Waals surface area contributed by atoms with E-state index < -0.39 is 0 Å². The van der Waals surface area contributed by atoms with Gasteiger partial charge in [0.05, 0.1) is 0 Å². The maximum Gasteiger partial charge on any atom is 0.126 e. The van der Waals surface area contributed by atoms with E-state index in [1.54, 1.807) is 6.92 Å². The fourth-order valence-electron chi connectivity index (χ4n) is 2.04. The predicted molar refractivity (Wildman–Crippen MR) is 76.4 cm³/mol. The summed E-state index contributed by atoms with van der Waals surface area (Å²) in [5, 5.41) is 3.38. The van der Waals surface area contributed by atoms with Gasteiger partial charge in [-0.2, -0.15) is 0 Å². The summed E-state index contributed by atoms with van der Waals surface area (Å²) in [6, 6.07) is 2.62. The highest BCUT2D eigenvalue weighted by molar-refractivity contribution is 5.25. The Balaban J connectivity index is 2.58. The van der Waals surface area contributed by atoms with Gasteiger partial charge in [-0.3, -0.25) is 0 Å². The monoisotopic (exact) mass is 269 g/mol. The molecule has 0 aromatic heterocycles. The molecule has 0 aliphatic rings. The van der Waals surface area contributed by atoms with Gasteiger partial charge in [0.25, 0.3) is 0 Å². The van der Waals surface area contributed by atoms with Gasteiger partial charge in [0.15, 0.2) is 0 Å². The summed E-state index contributed by atoms with van der Waals surface area (Å²) in [5.41, 5.74) is 0.931. The zero-order chi connectivity index (χ0) is 14.5. The lowest BCUT2D eigenvalue weighted by atomic mass is 9.86. The molecule has 0 bridgehead atoms. The van der Waals surface area contributed by atoms with Crippen molar-refractivity contribution in [2.75, 3.05) is 13.1 Å². The molecule has 0 unspecified atom stereocenters. The number of hydrogen-bond acceptors (Lipinski definition) is 1. The molecule has 19 heavy (non-hydrogen) atoms. The summed E-state index contributed by atoms with van der Waals surface area (Å²) in [6.07, 6.45) is 2.51. The Kier molecular flexibility index (Phi) is 5.92. The molecule has 0 saturated carbocycles. The number of rotatable bonds is 7. The third-order valence-corrected chi connectivity index (χ3v) is 3.43. The number of hydrogen-bond donors (Lipinski definition) is 1. The SMILES string of the molecule is CCCNCC(C)(C)CCc1cc(F)c(C)cc1F. The third kappa shape index (κ3) is 5.27. The van der Waals surface area contributed by atoms with Crippen molar-refractivity contribution in [2.24, 2.45) is 5.41 Å². The van der Waals surface area contributed by atoms with E-state index in [0.717, 1.165) is 25.9 Å². The molecule has 0 aliphatic heterocycles. The van der Waals surface area contributed by atoms with Crippen molar-refractivity contribution in [2.45, 2.75) is 47.0 Å². The van der Waals surface area contributed by atoms with E-state index in [1.165, 1.54) is 12.1 Å². The van der Waals surface area contributed by atoms with E-state index in [2.05, 4.69) is 26.1 Å². The highest BCUT2D eigenvalue weighted by atomic mass is 19.1. The summed E-state index contributed by atoms with van der Waals surface area (Å²) in [4.78, 5) is 0. The Hall–Kier alpha value is -0.960. The first-order valence-corrected chi connectivity index (χ1v) is 7.01. The zero-order valence-electron chi connectivity index (χ0n) is 12.4. The minimum Gasteiger partial charge on any atom is -0.316 e. The van der Waals surface area contributed by atoms with Crippen LogP contribution in [0.15, 0.2) is 12.1 Å². The van der Waals surface area contributed by atoms with E-state index in [9.17, 15) is 8.78 Å². The van der Waals surface area contributed by atoms with E-state index in [4.69, 9.17) is 0 Å². The molecule has 0 fully saturated rings. The highest BCUT2D eigenvalue weighted by Crippen LogP contribution is 2.24. The zero-order valence-corrected chi connectivity index (χ0v) is 12.4. The standard InChI is InChI=1S/C16H25F2N/c1-5-8-19-11-16(3,4)7-6-13-10-14(17)12(2)9-15(13)18/h9-10,19H,5-8,11H2,1-4H3. The van der Waals surface area contributed by atoms with Crippen LogP contribution in [0.2, 0.25) is 0 Å². The van der Waals surface area contributed by atoms with Gasteiger partial charge in [0, 0.05) is 6.54 Å². The fourth-order valence-corrected chi connectivity index (χ4v) is 2.04. The summed E-state index contributed by atoms with van der Waals surface area (Å²) >= 11 is 0. The minimum atomic E-state index is -0.321. The Labute approximate surface area is 115 Å². The van der Waals surface area contributed by atoms with Crippen molar-refractivity contribution in [3.05, 3.63) is 34.9 Å². The van der Waals surface area contributed by atoms with Crippen molar-refractivity contribution in [3.63, 3.8) is 0 Å². The molecule has 1 N–H and O–H groups in total. The van der Waals surface area contributed by atoms with Crippen LogP contribution in [-0.2, 0) is 6.42 Å². The molecule has 0 amide bonds. The molecule has 0 atom stereocenters. The topological polar surface area (TPSA) is 12.0 Å². The third-order valence-electron chi connectivity index (χ3n) is 3.43. The molecular formula is C16H25F2N. The molecule has 108 valence electrons. The van der Waals surface area contributed by atoms with Crippen molar-refractivity contribution in [1.82, 2.24) is 5.32 Å². The Morgan fingerprint density at radius 3 is 2.47 bits per heavy atom. The molecule has 0 aliphatic carbocycles. The number of nitrogens with one attached hydrogen (secondary N) is 1. The molecule has 1 rings (SSSR count). The Morgan fingerprint density at radius 1 is 1.16 bits per heavy atom. The largest absolute Gasteiger partial charge is 0.316 e. The normalized spacial score (nSPS) is 11.9. The second kappa shape index (κ2) is 6.99. The molecule has 1 nitrogen and oxygen atoms in total. The minimum absolute atomic E-state index is 0.0863. The first-order valence-electron chi connectivity index (χ1n) is 7.01. The second-order valence-electron chi connectivity index (χ2n) is 6.03. The summed E-state index contributed by atoms with van der Waals surface area (Å²) in [6.45, 7) is 9.91. The lowest BCUT2D eigenvalue weighted by molar-refractivity contribution is 0.313. The number of halogens is 2. The fraction of sp³-hybridized carbons (Fsp3) is 0.625. The molecule has 0 heterocycles.